The molecule has 0 amide bonds. The lowest BCUT2D eigenvalue weighted by molar-refractivity contribution is 0.00635. The number of pyridine rings is 1. The van der Waals surface area contributed by atoms with Gasteiger partial charge in [-0.05, 0) is 62.5 Å². The van der Waals surface area contributed by atoms with Crippen LogP contribution in [0.25, 0.3) is 33.2 Å². The number of methoxy groups -OCH3 is 1. The van der Waals surface area contributed by atoms with E-state index < -0.39 is 0 Å². The summed E-state index contributed by atoms with van der Waals surface area (Å²) in [5.74, 6) is 0. The Labute approximate surface area is 209 Å². The van der Waals surface area contributed by atoms with Gasteiger partial charge in [0.15, 0.2) is 5.65 Å². The molecule has 0 radical (unpaired) electrons. The van der Waals surface area contributed by atoms with Crippen LogP contribution < -0.4 is 5.69 Å². The SMILES string of the molecule is COC1CC(n2c(=O)n(C)c3nnc4ccc(-c5ccc(COCCN6CCCC6)nc5)cc4c32)C1. The maximum absolute atomic E-state index is 13.1. The van der Waals surface area contributed by atoms with Crippen molar-refractivity contribution < 1.29 is 9.47 Å². The van der Waals surface area contributed by atoms with E-state index in [1.165, 1.54) is 25.9 Å². The number of rotatable bonds is 8. The molecule has 3 aromatic heterocycles. The Kier molecular flexibility index (Phi) is 6.29. The van der Waals surface area contributed by atoms with Crippen molar-refractivity contribution in [2.24, 2.45) is 7.05 Å². The number of hydrogen-bond acceptors (Lipinski definition) is 7. The lowest BCUT2D eigenvalue weighted by Crippen LogP contribution is -2.37. The van der Waals surface area contributed by atoms with Crippen molar-refractivity contribution in [1.82, 2.24) is 29.2 Å². The maximum Gasteiger partial charge on any atom is 0.330 e. The summed E-state index contributed by atoms with van der Waals surface area (Å²) >= 11 is 0. The van der Waals surface area contributed by atoms with Crippen molar-refractivity contribution >= 4 is 22.1 Å². The Hall–Kier alpha value is -3.14. The van der Waals surface area contributed by atoms with Gasteiger partial charge in [-0.2, -0.15) is 0 Å². The standard InChI is InChI=1S/C27H32N6O3/c1-31-26-25(33(27(31)34)21-14-22(15-21)35-2)23-13-18(6-8-24(23)29-30-26)19-5-7-20(28-16-19)17-36-12-11-32-9-3-4-10-32/h5-8,13,16,21-22H,3-4,9-12,14-15,17H2,1-2H3. The van der Waals surface area contributed by atoms with Crippen LogP contribution in [0.4, 0.5) is 0 Å². The highest BCUT2D eigenvalue weighted by atomic mass is 16.5. The molecule has 9 heteroatoms. The van der Waals surface area contributed by atoms with Gasteiger partial charge in [0.05, 0.1) is 30.5 Å². The average Bonchev–Trinajstić information content (AvgIpc) is 3.49. The highest BCUT2D eigenvalue weighted by Crippen LogP contribution is 2.37. The van der Waals surface area contributed by atoms with Gasteiger partial charge in [0.2, 0.25) is 0 Å². The van der Waals surface area contributed by atoms with Gasteiger partial charge in [0.1, 0.15) is 5.52 Å². The summed E-state index contributed by atoms with van der Waals surface area (Å²) in [7, 11) is 3.48. The number of fused-ring (bicyclic) bond motifs is 3. The second-order valence-electron chi connectivity index (χ2n) is 9.94. The molecule has 1 aliphatic heterocycles. The molecule has 2 fully saturated rings. The van der Waals surface area contributed by atoms with Gasteiger partial charge >= 0.3 is 5.69 Å². The van der Waals surface area contributed by atoms with E-state index in [-0.39, 0.29) is 17.8 Å². The van der Waals surface area contributed by atoms with E-state index in [1.54, 1.807) is 18.7 Å². The molecule has 4 aromatic rings. The van der Waals surface area contributed by atoms with E-state index in [0.717, 1.165) is 59.2 Å². The van der Waals surface area contributed by atoms with E-state index >= 15 is 0 Å². The molecule has 1 saturated carbocycles. The fraction of sp³-hybridized carbons (Fsp3) is 0.481. The molecule has 1 saturated heterocycles. The molecule has 1 aliphatic carbocycles. The van der Waals surface area contributed by atoms with Gasteiger partial charge in [-0.15, -0.1) is 10.2 Å². The fourth-order valence-corrected chi connectivity index (χ4v) is 5.41. The third-order valence-electron chi connectivity index (χ3n) is 7.69. The van der Waals surface area contributed by atoms with Gasteiger partial charge in [0.25, 0.3) is 0 Å². The number of ether oxygens (including phenoxy) is 2. The van der Waals surface area contributed by atoms with Crippen molar-refractivity contribution in [3.63, 3.8) is 0 Å². The van der Waals surface area contributed by atoms with Crippen LogP contribution in [0, 0.1) is 0 Å². The Bertz CT molecular complexity index is 1430. The van der Waals surface area contributed by atoms with Crippen LogP contribution in [0.5, 0.6) is 0 Å². The molecule has 0 atom stereocenters. The summed E-state index contributed by atoms with van der Waals surface area (Å²) in [5.41, 5.74) is 5.10. The first-order valence-electron chi connectivity index (χ1n) is 12.8. The highest BCUT2D eigenvalue weighted by molar-refractivity contribution is 6.02. The number of likely N-dealkylation sites (tertiary alicyclic amines) is 1. The summed E-state index contributed by atoms with van der Waals surface area (Å²) in [6, 6.07) is 10.3. The van der Waals surface area contributed by atoms with Crippen molar-refractivity contribution in [3.05, 3.63) is 52.7 Å². The fourth-order valence-electron chi connectivity index (χ4n) is 5.41. The Morgan fingerprint density at radius 3 is 2.61 bits per heavy atom. The quantitative estimate of drug-likeness (QED) is 0.352. The zero-order valence-electron chi connectivity index (χ0n) is 20.9. The monoisotopic (exact) mass is 488 g/mol. The first-order chi connectivity index (χ1) is 17.6. The second kappa shape index (κ2) is 9.72. The Morgan fingerprint density at radius 2 is 1.86 bits per heavy atom. The van der Waals surface area contributed by atoms with Crippen LogP contribution in [-0.2, 0) is 23.1 Å². The van der Waals surface area contributed by atoms with E-state index in [2.05, 4.69) is 32.2 Å². The smallest absolute Gasteiger partial charge is 0.330 e. The molecular weight excluding hydrogens is 456 g/mol. The molecule has 0 spiro atoms. The number of benzene rings is 1. The highest BCUT2D eigenvalue weighted by Gasteiger charge is 2.34. The minimum Gasteiger partial charge on any atom is -0.381 e. The van der Waals surface area contributed by atoms with Crippen LogP contribution in [0.3, 0.4) is 0 Å². The first kappa shape index (κ1) is 23.3. The molecular formula is C27H32N6O3. The number of imidazole rings is 1. The van der Waals surface area contributed by atoms with Crippen molar-refractivity contribution in [2.75, 3.05) is 33.4 Å². The Balaban J connectivity index is 1.26. The Morgan fingerprint density at radius 1 is 1.06 bits per heavy atom. The van der Waals surface area contributed by atoms with E-state index in [4.69, 9.17) is 9.47 Å². The topological polar surface area (TPSA) is 87.3 Å². The second-order valence-corrected chi connectivity index (χ2v) is 9.94. The third-order valence-corrected chi connectivity index (χ3v) is 7.69. The summed E-state index contributed by atoms with van der Waals surface area (Å²) in [6.07, 6.45) is 6.33. The average molecular weight is 489 g/mol. The summed E-state index contributed by atoms with van der Waals surface area (Å²) in [4.78, 5) is 20.2. The predicted molar refractivity (Wildman–Crippen MR) is 138 cm³/mol. The van der Waals surface area contributed by atoms with E-state index in [9.17, 15) is 4.79 Å². The maximum atomic E-state index is 13.1. The zero-order chi connectivity index (χ0) is 24.6. The molecule has 6 rings (SSSR count). The summed E-state index contributed by atoms with van der Waals surface area (Å²) < 4.78 is 14.8. The molecule has 4 heterocycles. The van der Waals surface area contributed by atoms with Crippen LogP contribution in [0.15, 0.2) is 41.3 Å². The molecule has 2 aliphatic rings. The van der Waals surface area contributed by atoms with Crippen LogP contribution in [0.1, 0.15) is 37.4 Å². The van der Waals surface area contributed by atoms with Gasteiger partial charge < -0.3 is 14.4 Å². The predicted octanol–water partition coefficient (Wildman–Crippen LogP) is 3.31. The molecule has 1 aromatic carbocycles. The van der Waals surface area contributed by atoms with Crippen LogP contribution >= 0.6 is 0 Å². The van der Waals surface area contributed by atoms with Crippen molar-refractivity contribution in [3.8, 4) is 11.1 Å². The molecule has 0 N–H and O–H groups in total. The van der Waals surface area contributed by atoms with E-state index in [0.29, 0.717) is 12.3 Å². The lowest BCUT2D eigenvalue weighted by Gasteiger charge is -2.34. The van der Waals surface area contributed by atoms with Gasteiger partial charge in [-0.1, -0.05) is 12.1 Å². The van der Waals surface area contributed by atoms with Gasteiger partial charge in [-0.25, -0.2) is 4.79 Å². The molecule has 36 heavy (non-hydrogen) atoms. The number of aromatic nitrogens is 5. The van der Waals surface area contributed by atoms with Crippen LogP contribution in [0.2, 0.25) is 0 Å². The van der Waals surface area contributed by atoms with E-state index in [1.807, 2.05) is 29.0 Å². The minimum absolute atomic E-state index is 0.0625. The normalized spacial score (nSPS) is 20.4. The van der Waals surface area contributed by atoms with Gasteiger partial charge in [0, 0.05) is 43.9 Å². The van der Waals surface area contributed by atoms with Crippen molar-refractivity contribution in [2.45, 2.75) is 44.4 Å². The molecule has 9 nitrogen and oxygen atoms in total. The molecule has 188 valence electrons. The summed E-state index contributed by atoms with van der Waals surface area (Å²) in [6.45, 7) is 4.61. The number of aryl methyl sites for hydroxylation is 1. The van der Waals surface area contributed by atoms with Gasteiger partial charge in [-0.3, -0.25) is 14.1 Å². The first-order valence-corrected chi connectivity index (χ1v) is 12.8. The van der Waals surface area contributed by atoms with Crippen LogP contribution in [-0.4, -0.2) is 68.7 Å². The molecule has 0 unspecified atom stereocenters. The summed E-state index contributed by atoms with van der Waals surface area (Å²) in [5, 5.41) is 9.69. The molecule has 0 bridgehead atoms. The zero-order valence-corrected chi connectivity index (χ0v) is 20.9. The number of nitrogens with zero attached hydrogens (tertiary/aromatic N) is 6. The number of hydrogen-bond donors (Lipinski definition) is 0. The lowest BCUT2D eigenvalue weighted by atomic mass is 9.89. The third kappa shape index (κ3) is 4.21. The minimum atomic E-state index is -0.0625. The largest absolute Gasteiger partial charge is 0.381 e. The van der Waals surface area contributed by atoms with Crippen molar-refractivity contribution in [1.29, 1.82) is 0 Å².